The molecule has 1 heterocycles. The fraction of sp³-hybridized carbons (Fsp3) is 0.158. The molecule has 0 spiro atoms. The summed E-state index contributed by atoms with van der Waals surface area (Å²) in [5.74, 6) is -0.436. The number of hydrogen-bond donors (Lipinski definition) is 1. The molecule has 0 unspecified atom stereocenters. The minimum absolute atomic E-state index is 0.290. The first kappa shape index (κ1) is 19.2. The van der Waals surface area contributed by atoms with E-state index < -0.39 is 23.7 Å². The first-order chi connectivity index (χ1) is 12.8. The Kier molecular flexibility index (Phi) is 5.36. The van der Waals surface area contributed by atoms with Gasteiger partial charge in [-0.3, -0.25) is 4.79 Å². The van der Waals surface area contributed by atoms with Crippen LogP contribution in [-0.2, 0) is 6.18 Å². The highest BCUT2D eigenvalue weighted by Crippen LogP contribution is 2.31. The van der Waals surface area contributed by atoms with E-state index in [-0.39, 0.29) is 5.56 Å². The summed E-state index contributed by atoms with van der Waals surface area (Å²) in [5, 5.41) is 6.90. The Morgan fingerprint density at radius 3 is 2.52 bits per heavy atom. The van der Waals surface area contributed by atoms with Crippen molar-refractivity contribution in [3.8, 4) is 5.69 Å². The van der Waals surface area contributed by atoms with E-state index >= 15 is 0 Å². The fourth-order valence-corrected chi connectivity index (χ4v) is 3.16. The van der Waals surface area contributed by atoms with Crippen LogP contribution < -0.4 is 5.32 Å². The molecule has 0 aliphatic rings. The number of carbonyl (C=O) groups is 1. The maximum atomic E-state index is 12.9. The molecule has 0 aliphatic carbocycles. The molecule has 27 heavy (non-hydrogen) atoms. The first-order valence-electron chi connectivity index (χ1n) is 8.04. The van der Waals surface area contributed by atoms with Gasteiger partial charge in [-0.25, -0.2) is 4.68 Å². The third kappa shape index (κ3) is 4.21. The molecule has 3 rings (SSSR count). The molecule has 0 saturated heterocycles. The number of rotatable bonds is 4. The lowest BCUT2D eigenvalue weighted by atomic mass is 10.0. The molecule has 4 nitrogen and oxygen atoms in total. The minimum atomic E-state index is -4.43. The second-order valence-corrected chi connectivity index (χ2v) is 6.67. The van der Waals surface area contributed by atoms with Gasteiger partial charge in [0.2, 0.25) is 0 Å². The van der Waals surface area contributed by atoms with Gasteiger partial charge in [0.05, 0.1) is 29.1 Å². The van der Waals surface area contributed by atoms with E-state index in [0.717, 1.165) is 17.8 Å². The molecule has 2 aromatic carbocycles. The van der Waals surface area contributed by atoms with Gasteiger partial charge in [0.1, 0.15) is 4.60 Å². The molecule has 3 aromatic rings. The summed E-state index contributed by atoms with van der Waals surface area (Å²) >= 11 is 3.36. The summed E-state index contributed by atoms with van der Waals surface area (Å²) in [7, 11) is 0. The van der Waals surface area contributed by atoms with Crippen LogP contribution in [0.15, 0.2) is 65.4 Å². The summed E-state index contributed by atoms with van der Waals surface area (Å²) in [5.41, 5.74) is 0.677. The lowest BCUT2D eigenvalue weighted by molar-refractivity contribution is -0.137. The molecular weight excluding hydrogens is 423 g/mol. The molecule has 0 fully saturated rings. The standard InChI is InChI=1S/C19H15BrF3N3O/c1-12(13-6-5-7-14(10-13)19(21,22)23)25-18(27)16-11-24-26(17(16)20)15-8-3-2-4-9-15/h2-12H,1H3,(H,25,27)/t12-/m1/s1. The van der Waals surface area contributed by atoms with Crippen LogP contribution in [0.4, 0.5) is 13.2 Å². The Labute approximate surface area is 162 Å². The van der Waals surface area contributed by atoms with Crippen LogP contribution in [0, 0.1) is 0 Å². The molecule has 1 amide bonds. The summed E-state index contributed by atoms with van der Waals surface area (Å²) < 4.78 is 40.6. The number of aromatic nitrogens is 2. The number of benzene rings is 2. The molecular formula is C19H15BrF3N3O. The van der Waals surface area contributed by atoms with Crippen molar-refractivity contribution in [2.75, 3.05) is 0 Å². The second kappa shape index (κ2) is 7.56. The predicted molar refractivity (Wildman–Crippen MR) is 98.6 cm³/mol. The van der Waals surface area contributed by atoms with Crippen molar-refractivity contribution in [3.63, 3.8) is 0 Å². The van der Waals surface area contributed by atoms with Gasteiger partial charge in [-0.05, 0) is 52.7 Å². The Bertz CT molecular complexity index is 954. The number of para-hydroxylation sites is 1. The monoisotopic (exact) mass is 437 g/mol. The number of nitrogens with zero attached hydrogens (tertiary/aromatic N) is 2. The highest BCUT2D eigenvalue weighted by atomic mass is 79.9. The molecule has 8 heteroatoms. The van der Waals surface area contributed by atoms with Crippen LogP contribution in [0.3, 0.4) is 0 Å². The second-order valence-electron chi connectivity index (χ2n) is 5.91. The van der Waals surface area contributed by atoms with Crippen molar-refractivity contribution in [3.05, 3.63) is 82.1 Å². The zero-order chi connectivity index (χ0) is 19.6. The van der Waals surface area contributed by atoms with Crippen molar-refractivity contribution < 1.29 is 18.0 Å². The van der Waals surface area contributed by atoms with Crippen molar-refractivity contribution in [1.29, 1.82) is 0 Å². The highest BCUT2D eigenvalue weighted by molar-refractivity contribution is 9.10. The molecule has 1 N–H and O–H groups in total. The van der Waals surface area contributed by atoms with E-state index in [9.17, 15) is 18.0 Å². The summed E-state index contributed by atoms with van der Waals surface area (Å²) in [6, 6.07) is 13.5. The normalized spacial score (nSPS) is 12.6. The van der Waals surface area contributed by atoms with Gasteiger partial charge < -0.3 is 5.32 Å². The Morgan fingerprint density at radius 2 is 1.85 bits per heavy atom. The number of hydrogen-bond acceptors (Lipinski definition) is 2. The lowest BCUT2D eigenvalue weighted by Gasteiger charge is -2.16. The van der Waals surface area contributed by atoms with Crippen LogP contribution >= 0.6 is 15.9 Å². The highest BCUT2D eigenvalue weighted by Gasteiger charge is 2.31. The molecule has 140 valence electrons. The maximum absolute atomic E-state index is 12.9. The van der Waals surface area contributed by atoms with Crippen molar-refractivity contribution in [2.24, 2.45) is 0 Å². The summed E-state index contributed by atoms with van der Waals surface area (Å²) in [6.07, 6.45) is -3.02. The van der Waals surface area contributed by atoms with E-state index in [4.69, 9.17) is 0 Å². The third-order valence-electron chi connectivity index (χ3n) is 4.02. The first-order valence-corrected chi connectivity index (χ1v) is 8.83. The predicted octanol–water partition coefficient (Wildman–Crippen LogP) is 5.14. The van der Waals surface area contributed by atoms with Crippen molar-refractivity contribution in [1.82, 2.24) is 15.1 Å². The van der Waals surface area contributed by atoms with E-state index in [1.165, 1.54) is 12.3 Å². The van der Waals surface area contributed by atoms with E-state index in [1.54, 1.807) is 17.7 Å². The van der Waals surface area contributed by atoms with Gasteiger partial charge in [-0.2, -0.15) is 18.3 Å². The van der Waals surface area contributed by atoms with E-state index in [1.807, 2.05) is 30.3 Å². The minimum Gasteiger partial charge on any atom is -0.345 e. The van der Waals surface area contributed by atoms with Gasteiger partial charge in [0, 0.05) is 0 Å². The maximum Gasteiger partial charge on any atom is 0.416 e. The average molecular weight is 438 g/mol. The molecule has 1 aromatic heterocycles. The lowest BCUT2D eigenvalue weighted by Crippen LogP contribution is -2.27. The van der Waals surface area contributed by atoms with Crippen LogP contribution in [0.5, 0.6) is 0 Å². The smallest absolute Gasteiger partial charge is 0.345 e. The third-order valence-corrected chi connectivity index (χ3v) is 4.78. The molecule has 0 radical (unpaired) electrons. The zero-order valence-corrected chi connectivity index (χ0v) is 15.8. The van der Waals surface area contributed by atoms with E-state index in [0.29, 0.717) is 10.2 Å². The number of carbonyl (C=O) groups excluding carboxylic acids is 1. The van der Waals surface area contributed by atoms with Gasteiger partial charge in [-0.1, -0.05) is 30.3 Å². The SMILES string of the molecule is C[C@@H](NC(=O)c1cnn(-c2ccccc2)c1Br)c1cccc(C(F)(F)F)c1. The Balaban J connectivity index is 1.79. The summed E-state index contributed by atoms with van der Waals surface area (Å²) in [6.45, 7) is 1.63. The van der Waals surface area contributed by atoms with Crippen molar-refractivity contribution in [2.45, 2.75) is 19.1 Å². The van der Waals surface area contributed by atoms with Gasteiger partial charge in [-0.15, -0.1) is 0 Å². The topological polar surface area (TPSA) is 46.9 Å². The molecule has 0 aliphatic heterocycles. The molecule has 0 bridgehead atoms. The van der Waals surface area contributed by atoms with Crippen LogP contribution in [-0.4, -0.2) is 15.7 Å². The number of halogens is 4. The number of alkyl halides is 3. The quantitative estimate of drug-likeness (QED) is 0.613. The van der Waals surface area contributed by atoms with Crippen LogP contribution in [0.1, 0.15) is 34.5 Å². The molecule has 1 atom stereocenters. The molecule has 0 saturated carbocycles. The van der Waals surface area contributed by atoms with Crippen molar-refractivity contribution >= 4 is 21.8 Å². The zero-order valence-electron chi connectivity index (χ0n) is 14.2. The fourth-order valence-electron chi connectivity index (χ4n) is 2.58. The average Bonchev–Trinajstić information content (AvgIpc) is 3.03. The van der Waals surface area contributed by atoms with Gasteiger partial charge in [0.15, 0.2) is 0 Å². The number of amides is 1. The Morgan fingerprint density at radius 1 is 1.15 bits per heavy atom. The van der Waals surface area contributed by atoms with E-state index in [2.05, 4.69) is 26.3 Å². The number of nitrogens with one attached hydrogen (secondary N) is 1. The van der Waals surface area contributed by atoms with Crippen LogP contribution in [0.25, 0.3) is 5.69 Å². The summed E-state index contributed by atoms with van der Waals surface area (Å²) in [4.78, 5) is 12.6. The van der Waals surface area contributed by atoms with Crippen LogP contribution in [0.2, 0.25) is 0 Å². The Hall–Kier alpha value is -2.61. The van der Waals surface area contributed by atoms with Gasteiger partial charge in [0.25, 0.3) is 5.91 Å². The van der Waals surface area contributed by atoms with Gasteiger partial charge >= 0.3 is 6.18 Å². The largest absolute Gasteiger partial charge is 0.416 e.